The molecule has 1 fully saturated rings. The maximum atomic E-state index is 13.3. The molecule has 29 heavy (non-hydrogen) atoms. The molecule has 1 aliphatic carbocycles. The number of amides is 1. The van der Waals surface area contributed by atoms with Crippen LogP contribution < -0.4 is 0 Å². The first-order valence-corrected chi connectivity index (χ1v) is 11.0. The Bertz CT molecular complexity index is 997. The summed E-state index contributed by atoms with van der Waals surface area (Å²) in [4.78, 5) is 14.7. The maximum Gasteiger partial charge on any atom is 0.246 e. The van der Waals surface area contributed by atoms with Crippen LogP contribution in [0.1, 0.15) is 24.0 Å². The molecule has 154 valence electrons. The van der Waals surface area contributed by atoms with Crippen molar-refractivity contribution in [1.82, 2.24) is 9.21 Å². The smallest absolute Gasteiger partial charge is 0.246 e. The van der Waals surface area contributed by atoms with Gasteiger partial charge in [-0.25, -0.2) is 17.1 Å². The number of hydrogen-bond donors (Lipinski definition) is 0. The van der Waals surface area contributed by atoms with Gasteiger partial charge in [0.25, 0.3) is 0 Å². The third-order valence-electron chi connectivity index (χ3n) is 4.88. The molecule has 0 atom stereocenters. The fourth-order valence-electron chi connectivity index (χ4n) is 3.03. The summed E-state index contributed by atoms with van der Waals surface area (Å²) < 4.78 is 38.7. The number of rotatable bonds is 8. The molecule has 7 heteroatoms. The van der Waals surface area contributed by atoms with Crippen LogP contribution in [0.5, 0.6) is 0 Å². The molecule has 0 saturated heterocycles. The minimum absolute atomic E-state index is 0.0890. The molecule has 0 heterocycles. The third-order valence-corrected chi connectivity index (χ3v) is 6.71. The van der Waals surface area contributed by atoms with E-state index in [1.165, 1.54) is 44.4 Å². The molecular formula is C22H25FN2O3S. The first kappa shape index (κ1) is 21.2. The topological polar surface area (TPSA) is 57.7 Å². The van der Waals surface area contributed by atoms with Crippen molar-refractivity contribution in [2.45, 2.75) is 30.2 Å². The van der Waals surface area contributed by atoms with Crippen molar-refractivity contribution < 1.29 is 17.6 Å². The van der Waals surface area contributed by atoms with Gasteiger partial charge in [0.05, 0.1) is 4.90 Å². The molecule has 0 spiro atoms. The Kier molecular flexibility index (Phi) is 6.49. The van der Waals surface area contributed by atoms with E-state index in [-0.39, 0.29) is 22.7 Å². The monoisotopic (exact) mass is 416 g/mol. The normalized spacial score (nSPS) is 14.5. The summed E-state index contributed by atoms with van der Waals surface area (Å²) in [6.45, 7) is 0.539. The lowest BCUT2D eigenvalue weighted by Gasteiger charge is -2.21. The van der Waals surface area contributed by atoms with Crippen molar-refractivity contribution in [2.24, 2.45) is 0 Å². The zero-order chi connectivity index (χ0) is 21.0. The number of hydrogen-bond acceptors (Lipinski definition) is 3. The number of benzene rings is 2. The van der Waals surface area contributed by atoms with E-state index in [2.05, 4.69) is 0 Å². The number of carbonyl (C=O) groups is 1. The van der Waals surface area contributed by atoms with E-state index >= 15 is 0 Å². The zero-order valence-corrected chi connectivity index (χ0v) is 17.4. The van der Waals surface area contributed by atoms with Crippen LogP contribution in [0.25, 0.3) is 6.08 Å². The van der Waals surface area contributed by atoms with Crippen molar-refractivity contribution in [3.05, 3.63) is 71.6 Å². The summed E-state index contributed by atoms with van der Waals surface area (Å²) in [5.74, 6) is -0.361. The Hall–Kier alpha value is -2.51. The van der Waals surface area contributed by atoms with Gasteiger partial charge in [-0.15, -0.1) is 0 Å². The molecule has 1 saturated carbocycles. The molecule has 2 aromatic carbocycles. The first-order chi connectivity index (χ1) is 13.8. The highest BCUT2D eigenvalue weighted by Gasteiger charge is 2.31. The van der Waals surface area contributed by atoms with Crippen LogP contribution in [0.15, 0.2) is 59.5 Å². The Morgan fingerprint density at radius 2 is 1.83 bits per heavy atom. The quantitative estimate of drug-likeness (QED) is 0.621. The van der Waals surface area contributed by atoms with E-state index in [0.717, 1.165) is 28.3 Å². The number of carbonyl (C=O) groups excluding carboxylic acids is 1. The van der Waals surface area contributed by atoms with Gasteiger partial charge < -0.3 is 4.90 Å². The molecule has 0 bridgehead atoms. The Balaban J connectivity index is 1.64. The second-order valence-electron chi connectivity index (χ2n) is 7.33. The molecule has 0 radical (unpaired) electrons. The van der Waals surface area contributed by atoms with Crippen LogP contribution in [0.2, 0.25) is 0 Å². The van der Waals surface area contributed by atoms with Crippen molar-refractivity contribution in [3.63, 3.8) is 0 Å². The van der Waals surface area contributed by atoms with E-state index in [1.54, 1.807) is 24.3 Å². The van der Waals surface area contributed by atoms with Gasteiger partial charge in [-0.05, 0) is 60.7 Å². The third kappa shape index (κ3) is 5.52. The van der Waals surface area contributed by atoms with Crippen molar-refractivity contribution in [2.75, 3.05) is 20.6 Å². The SMILES string of the molecule is CN(C)S(=O)(=O)c1ccc(C=CC(=O)N(CCc2cccc(F)c2)C2CC2)cc1. The molecule has 2 aromatic rings. The lowest BCUT2D eigenvalue weighted by atomic mass is 10.1. The van der Waals surface area contributed by atoms with Gasteiger partial charge in [0.2, 0.25) is 15.9 Å². The lowest BCUT2D eigenvalue weighted by Crippen LogP contribution is -2.33. The van der Waals surface area contributed by atoms with Gasteiger partial charge in [-0.2, -0.15) is 0 Å². The van der Waals surface area contributed by atoms with E-state index in [9.17, 15) is 17.6 Å². The standard InChI is InChI=1S/C22H25FN2O3S/c1-24(2)29(27,28)21-11-6-17(7-12-21)8-13-22(26)25(20-9-10-20)15-14-18-4-3-5-19(23)16-18/h3-8,11-13,16,20H,9-10,14-15H2,1-2H3. The Morgan fingerprint density at radius 1 is 1.14 bits per heavy atom. The van der Waals surface area contributed by atoms with Crippen LogP contribution in [-0.4, -0.2) is 50.2 Å². The summed E-state index contributed by atoms with van der Waals surface area (Å²) >= 11 is 0. The van der Waals surface area contributed by atoms with Gasteiger partial charge in [0.15, 0.2) is 0 Å². The summed E-state index contributed by atoms with van der Waals surface area (Å²) in [6, 6.07) is 13.1. The fraction of sp³-hybridized carbons (Fsp3) is 0.318. The summed E-state index contributed by atoms with van der Waals surface area (Å²) in [5, 5.41) is 0. The van der Waals surface area contributed by atoms with E-state index in [4.69, 9.17) is 0 Å². The molecule has 0 aliphatic heterocycles. The second kappa shape index (κ2) is 8.88. The molecule has 0 aromatic heterocycles. The molecule has 0 unspecified atom stereocenters. The zero-order valence-electron chi connectivity index (χ0n) is 16.6. The maximum absolute atomic E-state index is 13.3. The van der Waals surface area contributed by atoms with Gasteiger partial charge in [-0.1, -0.05) is 24.3 Å². The lowest BCUT2D eigenvalue weighted by molar-refractivity contribution is -0.126. The first-order valence-electron chi connectivity index (χ1n) is 9.53. The van der Waals surface area contributed by atoms with Crippen LogP contribution in [0, 0.1) is 5.82 Å². The molecule has 1 amide bonds. The van der Waals surface area contributed by atoms with Gasteiger partial charge in [0.1, 0.15) is 5.82 Å². The second-order valence-corrected chi connectivity index (χ2v) is 9.48. The summed E-state index contributed by atoms with van der Waals surface area (Å²) in [7, 11) is -0.502. The van der Waals surface area contributed by atoms with Gasteiger partial charge >= 0.3 is 0 Å². The number of sulfonamides is 1. The van der Waals surface area contributed by atoms with E-state index < -0.39 is 10.0 Å². The van der Waals surface area contributed by atoms with Crippen LogP contribution in [-0.2, 0) is 21.2 Å². The average molecular weight is 417 g/mol. The highest BCUT2D eigenvalue weighted by Crippen LogP contribution is 2.27. The number of nitrogens with zero attached hydrogens (tertiary/aromatic N) is 2. The minimum atomic E-state index is -3.47. The van der Waals surface area contributed by atoms with Crippen LogP contribution >= 0.6 is 0 Å². The largest absolute Gasteiger partial charge is 0.336 e. The van der Waals surface area contributed by atoms with Crippen molar-refractivity contribution in [1.29, 1.82) is 0 Å². The summed E-state index contributed by atoms with van der Waals surface area (Å²) in [6.07, 6.45) is 5.77. The molecule has 3 rings (SSSR count). The van der Waals surface area contributed by atoms with Gasteiger partial charge in [0, 0.05) is 32.8 Å². The fourth-order valence-corrected chi connectivity index (χ4v) is 3.93. The Labute approximate surface area is 171 Å². The van der Waals surface area contributed by atoms with E-state index in [1.807, 2.05) is 11.0 Å². The highest BCUT2D eigenvalue weighted by atomic mass is 32.2. The van der Waals surface area contributed by atoms with Crippen LogP contribution in [0.4, 0.5) is 4.39 Å². The molecule has 1 aliphatic rings. The van der Waals surface area contributed by atoms with Crippen LogP contribution in [0.3, 0.4) is 0 Å². The predicted molar refractivity (Wildman–Crippen MR) is 111 cm³/mol. The molecule has 5 nitrogen and oxygen atoms in total. The van der Waals surface area contributed by atoms with Gasteiger partial charge in [-0.3, -0.25) is 4.79 Å². The number of halogens is 1. The average Bonchev–Trinajstić information content (AvgIpc) is 3.52. The summed E-state index contributed by atoms with van der Waals surface area (Å²) in [5.41, 5.74) is 1.61. The Morgan fingerprint density at radius 3 is 2.41 bits per heavy atom. The van der Waals surface area contributed by atoms with E-state index in [0.29, 0.717) is 13.0 Å². The minimum Gasteiger partial charge on any atom is -0.336 e. The molecular weight excluding hydrogens is 391 g/mol. The van der Waals surface area contributed by atoms with Crippen molar-refractivity contribution in [3.8, 4) is 0 Å². The highest BCUT2D eigenvalue weighted by molar-refractivity contribution is 7.89. The molecule has 0 N–H and O–H groups in total. The predicted octanol–water partition coefficient (Wildman–Crippen LogP) is 3.32. The van der Waals surface area contributed by atoms with Crippen molar-refractivity contribution >= 4 is 22.0 Å².